The molecule has 9 heteroatoms. The lowest BCUT2D eigenvalue weighted by molar-refractivity contribution is -0.139. The Morgan fingerprint density at radius 1 is 1.16 bits per heavy atom. The number of aromatic nitrogens is 1. The zero-order valence-corrected chi connectivity index (χ0v) is 18.3. The Bertz CT molecular complexity index is 1240. The number of aliphatic carboxylic acids is 1. The smallest absolute Gasteiger partial charge is 0.311 e. The third-order valence-corrected chi connectivity index (χ3v) is 6.07. The number of aromatic hydroxyl groups is 1. The molecule has 0 saturated carbocycles. The Kier molecular flexibility index (Phi) is 6.55. The number of carboxylic acids is 1. The molecule has 2 N–H and O–H groups in total. The molecular weight excluding hydrogens is 447 g/mol. The van der Waals surface area contributed by atoms with Crippen LogP contribution in [0.25, 0.3) is 10.9 Å². The lowest BCUT2D eigenvalue weighted by atomic mass is 9.86. The van der Waals surface area contributed by atoms with Crippen molar-refractivity contribution in [2.75, 3.05) is 0 Å². The molecule has 0 aliphatic carbocycles. The van der Waals surface area contributed by atoms with E-state index in [4.69, 9.17) is 11.6 Å². The Hall–Kier alpha value is -3.00. The maximum absolute atomic E-state index is 15.1. The summed E-state index contributed by atoms with van der Waals surface area (Å²) in [4.78, 5) is 25.4. The quantitative estimate of drug-likeness (QED) is 0.464. The van der Waals surface area contributed by atoms with Crippen LogP contribution < -0.4 is 0 Å². The molecule has 2 atom stereocenters. The van der Waals surface area contributed by atoms with Gasteiger partial charge in [-0.15, -0.1) is 0 Å². The predicted octanol–water partition coefficient (Wildman–Crippen LogP) is 6.02. The van der Waals surface area contributed by atoms with Crippen LogP contribution in [0.4, 0.5) is 13.2 Å². The van der Waals surface area contributed by atoms with E-state index in [1.165, 1.54) is 19.1 Å². The van der Waals surface area contributed by atoms with Crippen molar-refractivity contribution in [1.29, 1.82) is 0 Å². The summed E-state index contributed by atoms with van der Waals surface area (Å²) in [5.74, 6) is -8.15. The van der Waals surface area contributed by atoms with Gasteiger partial charge in [0.1, 0.15) is 5.82 Å². The number of rotatable bonds is 6. The highest BCUT2D eigenvalue weighted by molar-refractivity contribution is 6.30. The first kappa shape index (κ1) is 23.7. The summed E-state index contributed by atoms with van der Waals surface area (Å²) in [5, 5.41) is 19.2. The lowest BCUT2D eigenvalue weighted by Gasteiger charge is -2.18. The summed E-state index contributed by atoms with van der Waals surface area (Å²) >= 11 is 5.67. The Balaban J connectivity index is 2.37. The van der Waals surface area contributed by atoms with E-state index in [0.717, 1.165) is 16.7 Å². The van der Waals surface area contributed by atoms with Gasteiger partial charge in [-0.2, -0.15) is 0 Å². The van der Waals surface area contributed by atoms with Gasteiger partial charge in [0.15, 0.2) is 17.4 Å². The van der Waals surface area contributed by atoms with Crippen LogP contribution in [-0.2, 0) is 4.79 Å². The van der Waals surface area contributed by atoms with Crippen molar-refractivity contribution >= 4 is 34.4 Å². The van der Waals surface area contributed by atoms with Crippen LogP contribution in [0.5, 0.6) is 5.75 Å². The van der Waals surface area contributed by atoms with Crippen LogP contribution in [0, 0.1) is 30.3 Å². The number of phenols is 1. The van der Waals surface area contributed by atoms with Crippen LogP contribution >= 0.6 is 11.6 Å². The highest BCUT2D eigenvalue weighted by Crippen LogP contribution is 2.41. The minimum Gasteiger partial charge on any atom is -0.503 e. The number of carbonyl (C=O) groups is 2. The van der Waals surface area contributed by atoms with E-state index in [0.29, 0.717) is 6.42 Å². The van der Waals surface area contributed by atoms with E-state index in [-0.39, 0.29) is 45.1 Å². The maximum Gasteiger partial charge on any atom is 0.311 e. The molecule has 2 aromatic carbocycles. The molecule has 1 heterocycles. The second-order valence-corrected chi connectivity index (χ2v) is 8.23. The van der Waals surface area contributed by atoms with Crippen molar-refractivity contribution in [1.82, 2.24) is 4.57 Å². The van der Waals surface area contributed by atoms with Crippen LogP contribution in [-0.4, -0.2) is 26.7 Å². The molecule has 0 saturated heterocycles. The number of hydrogen-bond acceptors (Lipinski definition) is 3. The molecule has 32 heavy (non-hydrogen) atoms. The zero-order chi connectivity index (χ0) is 23.9. The summed E-state index contributed by atoms with van der Waals surface area (Å²) in [6, 6.07) is 4.06. The second kappa shape index (κ2) is 8.86. The molecule has 0 aliphatic heterocycles. The number of halogens is 4. The average Bonchev–Trinajstić information content (AvgIpc) is 3.02. The number of nitrogens with zero attached hydrogens (tertiary/aromatic N) is 1. The van der Waals surface area contributed by atoms with E-state index >= 15 is 4.39 Å². The molecule has 3 aromatic rings. The molecule has 1 aromatic heterocycles. The van der Waals surface area contributed by atoms with Crippen LogP contribution in [0.3, 0.4) is 0 Å². The zero-order valence-electron chi connectivity index (χ0n) is 17.5. The van der Waals surface area contributed by atoms with Crippen LogP contribution in [0.1, 0.15) is 54.2 Å². The Labute approximate surface area is 187 Å². The molecule has 0 bridgehead atoms. The molecule has 0 radical (unpaired) electrons. The third kappa shape index (κ3) is 3.95. The fraction of sp³-hybridized carbons (Fsp3) is 0.304. The molecule has 170 valence electrons. The van der Waals surface area contributed by atoms with Gasteiger partial charge in [0.25, 0.3) is 5.91 Å². The van der Waals surface area contributed by atoms with Gasteiger partial charge in [-0.1, -0.05) is 31.9 Å². The van der Waals surface area contributed by atoms with Crippen molar-refractivity contribution in [2.24, 2.45) is 5.92 Å². The van der Waals surface area contributed by atoms with Gasteiger partial charge >= 0.3 is 5.97 Å². The van der Waals surface area contributed by atoms with Gasteiger partial charge < -0.3 is 10.2 Å². The van der Waals surface area contributed by atoms with E-state index in [1.807, 2.05) is 13.8 Å². The minimum absolute atomic E-state index is 0.0385. The molecule has 0 spiro atoms. The molecule has 0 fully saturated rings. The first-order valence-corrected chi connectivity index (χ1v) is 10.3. The number of carboxylic acid groups (broad SMARTS) is 1. The number of carbonyl (C=O) groups excluding carboxylic acids is 1. The first-order chi connectivity index (χ1) is 15.0. The monoisotopic (exact) mass is 467 g/mol. The van der Waals surface area contributed by atoms with Crippen molar-refractivity contribution in [2.45, 2.75) is 39.5 Å². The van der Waals surface area contributed by atoms with Gasteiger partial charge in [-0.25, -0.2) is 13.2 Å². The first-order valence-electron chi connectivity index (χ1n) is 9.93. The van der Waals surface area contributed by atoms with E-state index < -0.39 is 41.0 Å². The van der Waals surface area contributed by atoms with Gasteiger partial charge in [0.2, 0.25) is 0 Å². The molecule has 0 aliphatic rings. The molecule has 3 rings (SSSR count). The topological polar surface area (TPSA) is 79.5 Å². The third-order valence-electron chi connectivity index (χ3n) is 5.76. The summed E-state index contributed by atoms with van der Waals surface area (Å²) in [6.07, 6.45) is 0.792. The fourth-order valence-electron chi connectivity index (χ4n) is 3.87. The van der Waals surface area contributed by atoms with Gasteiger partial charge in [0.05, 0.1) is 16.5 Å². The van der Waals surface area contributed by atoms with Crippen molar-refractivity contribution in [3.63, 3.8) is 0 Å². The maximum atomic E-state index is 15.1. The number of fused-ring (bicyclic) bond motifs is 1. The molecular formula is C23H21ClF3NO4. The summed E-state index contributed by atoms with van der Waals surface area (Å²) in [6.45, 7) is 5.11. The van der Waals surface area contributed by atoms with E-state index in [1.54, 1.807) is 0 Å². The fourth-order valence-corrected chi connectivity index (χ4v) is 3.99. The normalized spacial score (nSPS) is 13.3. The van der Waals surface area contributed by atoms with Crippen LogP contribution in [0.15, 0.2) is 24.3 Å². The number of benzene rings is 2. The van der Waals surface area contributed by atoms with Crippen molar-refractivity contribution in [3.05, 3.63) is 63.6 Å². The Morgan fingerprint density at radius 2 is 1.81 bits per heavy atom. The summed E-state index contributed by atoms with van der Waals surface area (Å²) < 4.78 is 44.2. The summed E-state index contributed by atoms with van der Waals surface area (Å²) in [7, 11) is 0. The average molecular weight is 468 g/mol. The lowest BCUT2D eigenvalue weighted by Crippen LogP contribution is -2.18. The van der Waals surface area contributed by atoms with Crippen molar-refractivity contribution in [3.8, 4) is 5.75 Å². The molecule has 1 unspecified atom stereocenters. The van der Waals surface area contributed by atoms with Gasteiger partial charge in [-0.3, -0.25) is 14.2 Å². The second-order valence-electron chi connectivity index (χ2n) is 7.82. The van der Waals surface area contributed by atoms with E-state index in [9.17, 15) is 28.6 Å². The molecule has 5 nitrogen and oxygen atoms in total. The minimum atomic E-state index is -1.36. The SMILES string of the molecule is CCC(C)C[C@H](C(=O)O)c1c(C)n(C(=O)c2ccc(Cl)c(F)c2)c2cc(F)c(O)c(F)c12. The highest BCUT2D eigenvalue weighted by Gasteiger charge is 2.33. The number of hydrogen-bond donors (Lipinski definition) is 2. The van der Waals surface area contributed by atoms with Gasteiger partial charge in [-0.05, 0) is 43.0 Å². The largest absolute Gasteiger partial charge is 0.503 e. The van der Waals surface area contributed by atoms with Crippen LogP contribution in [0.2, 0.25) is 5.02 Å². The van der Waals surface area contributed by atoms with Gasteiger partial charge in [0, 0.05) is 22.7 Å². The van der Waals surface area contributed by atoms with Crippen molar-refractivity contribution < 1.29 is 33.0 Å². The molecule has 0 amide bonds. The summed E-state index contributed by atoms with van der Waals surface area (Å²) in [5.41, 5.74) is -0.398. The van der Waals surface area contributed by atoms with E-state index in [2.05, 4.69) is 0 Å². The number of phenolic OH excluding ortho intramolecular Hbond substituents is 1. The highest BCUT2D eigenvalue weighted by atomic mass is 35.5. The Morgan fingerprint density at radius 3 is 2.38 bits per heavy atom. The standard InChI is InChI=1S/C23H21ClF3NO4/c1-4-10(2)7-13(23(31)32)18-11(3)28(17-9-16(26)21(29)20(27)19(17)18)22(30)12-5-6-14(24)15(25)8-12/h5-6,8-10,13,29H,4,7H2,1-3H3,(H,31,32)/t10?,13-/m0/s1. The predicted molar refractivity (Wildman–Crippen MR) is 114 cm³/mol.